The molecular formula is C13H12BrClN2O2S. The molecule has 0 fully saturated rings. The third-order valence-electron chi connectivity index (χ3n) is 2.66. The number of halogens is 2. The Morgan fingerprint density at radius 2 is 1.80 bits per heavy atom. The van der Waals surface area contributed by atoms with Crippen LogP contribution >= 0.6 is 27.5 Å². The number of nitrogens with one attached hydrogen (secondary N) is 1. The van der Waals surface area contributed by atoms with Crippen LogP contribution in [0.1, 0.15) is 5.56 Å². The summed E-state index contributed by atoms with van der Waals surface area (Å²) >= 11 is 8.98. The minimum Gasteiger partial charge on any atom is -0.398 e. The molecule has 0 amide bonds. The number of nitrogen functional groups attached to an aromatic ring is 1. The number of anilines is 1. The van der Waals surface area contributed by atoms with E-state index in [0.29, 0.717) is 15.2 Å². The molecule has 0 atom stereocenters. The van der Waals surface area contributed by atoms with Gasteiger partial charge in [-0.15, -0.1) is 0 Å². The van der Waals surface area contributed by atoms with E-state index >= 15 is 0 Å². The van der Waals surface area contributed by atoms with Crippen molar-refractivity contribution in [1.29, 1.82) is 0 Å². The van der Waals surface area contributed by atoms with Gasteiger partial charge in [0, 0.05) is 21.7 Å². The predicted molar refractivity (Wildman–Crippen MR) is 84.0 cm³/mol. The number of hydrogen-bond acceptors (Lipinski definition) is 3. The second-order valence-corrected chi connectivity index (χ2v) is 7.19. The van der Waals surface area contributed by atoms with Crippen LogP contribution in [-0.2, 0) is 16.6 Å². The van der Waals surface area contributed by atoms with Crippen molar-refractivity contribution < 1.29 is 8.42 Å². The molecule has 0 heterocycles. The standard InChI is InChI=1S/C13H12BrClN2O2S/c14-12-7-11(5-6-13(12)16)20(18,19)17-8-9-1-3-10(15)4-2-9/h1-7,17H,8,16H2. The minimum absolute atomic E-state index is 0.160. The summed E-state index contributed by atoms with van der Waals surface area (Å²) in [4.78, 5) is 0.160. The van der Waals surface area contributed by atoms with Crippen LogP contribution in [0.3, 0.4) is 0 Å². The fraction of sp³-hybridized carbons (Fsp3) is 0.0769. The van der Waals surface area contributed by atoms with Crippen molar-refractivity contribution in [2.45, 2.75) is 11.4 Å². The molecule has 3 N–H and O–H groups in total. The SMILES string of the molecule is Nc1ccc(S(=O)(=O)NCc2ccc(Cl)cc2)cc1Br. The van der Waals surface area contributed by atoms with Gasteiger partial charge in [-0.25, -0.2) is 13.1 Å². The number of benzene rings is 2. The quantitative estimate of drug-likeness (QED) is 0.806. The highest BCUT2D eigenvalue weighted by Gasteiger charge is 2.14. The minimum atomic E-state index is -3.58. The van der Waals surface area contributed by atoms with Gasteiger partial charge in [-0.2, -0.15) is 0 Å². The Bertz CT molecular complexity index is 718. The first-order valence-electron chi connectivity index (χ1n) is 5.67. The Morgan fingerprint density at radius 3 is 2.40 bits per heavy atom. The van der Waals surface area contributed by atoms with Crippen molar-refractivity contribution in [2.24, 2.45) is 0 Å². The summed E-state index contributed by atoms with van der Waals surface area (Å²) < 4.78 is 27.3. The van der Waals surface area contributed by atoms with Gasteiger partial charge in [0.05, 0.1) is 4.90 Å². The number of nitrogens with two attached hydrogens (primary N) is 1. The van der Waals surface area contributed by atoms with E-state index in [0.717, 1.165) is 5.56 Å². The first kappa shape index (κ1) is 15.3. The van der Waals surface area contributed by atoms with E-state index in [4.69, 9.17) is 17.3 Å². The summed E-state index contributed by atoms with van der Waals surface area (Å²) in [5, 5.41) is 0.610. The largest absolute Gasteiger partial charge is 0.398 e. The van der Waals surface area contributed by atoms with E-state index in [1.165, 1.54) is 12.1 Å². The van der Waals surface area contributed by atoms with E-state index in [2.05, 4.69) is 20.7 Å². The molecule has 0 radical (unpaired) electrons. The summed E-state index contributed by atoms with van der Waals surface area (Å²) in [6, 6.07) is 11.4. The monoisotopic (exact) mass is 374 g/mol. The average Bonchev–Trinajstić information content (AvgIpc) is 2.41. The lowest BCUT2D eigenvalue weighted by Crippen LogP contribution is -2.23. The van der Waals surface area contributed by atoms with E-state index in [-0.39, 0.29) is 11.4 Å². The third kappa shape index (κ3) is 3.73. The molecule has 0 aromatic heterocycles. The first-order valence-corrected chi connectivity index (χ1v) is 8.33. The lowest BCUT2D eigenvalue weighted by molar-refractivity contribution is 0.581. The van der Waals surface area contributed by atoms with E-state index < -0.39 is 10.0 Å². The predicted octanol–water partition coefficient (Wildman–Crippen LogP) is 3.16. The number of rotatable bonds is 4. The van der Waals surface area contributed by atoms with Crippen molar-refractivity contribution >= 4 is 43.2 Å². The van der Waals surface area contributed by atoms with E-state index in [9.17, 15) is 8.42 Å². The van der Waals surface area contributed by atoms with Crippen LogP contribution in [0.4, 0.5) is 5.69 Å². The summed E-state index contributed by atoms with van der Waals surface area (Å²) in [6.07, 6.45) is 0. The highest BCUT2D eigenvalue weighted by Crippen LogP contribution is 2.23. The van der Waals surface area contributed by atoms with Crippen molar-refractivity contribution in [3.8, 4) is 0 Å². The van der Waals surface area contributed by atoms with Gasteiger partial charge in [0.1, 0.15) is 0 Å². The molecule has 7 heteroatoms. The van der Waals surface area contributed by atoms with Crippen LogP contribution < -0.4 is 10.5 Å². The zero-order valence-electron chi connectivity index (χ0n) is 10.3. The van der Waals surface area contributed by atoms with E-state index in [1.54, 1.807) is 30.3 Å². The van der Waals surface area contributed by atoms with Crippen molar-refractivity contribution in [2.75, 3.05) is 5.73 Å². The molecule has 0 aliphatic rings. The Balaban J connectivity index is 2.14. The smallest absolute Gasteiger partial charge is 0.240 e. The van der Waals surface area contributed by atoms with E-state index in [1.807, 2.05) is 0 Å². The Hall–Kier alpha value is -1.08. The summed E-state index contributed by atoms with van der Waals surface area (Å²) in [5.41, 5.74) is 6.95. The fourth-order valence-electron chi connectivity index (χ4n) is 1.54. The van der Waals surface area contributed by atoms with Crippen molar-refractivity contribution in [1.82, 2.24) is 4.72 Å². The summed E-state index contributed by atoms with van der Waals surface area (Å²) in [7, 11) is -3.58. The Labute approximate surface area is 131 Å². The first-order chi connectivity index (χ1) is 9.38. The highest BCUT2D eigenvalue weighted by atomic mass is 79.9. The van der Waals surface area contributed by atoms with Gasteiger partial charge in [-0.1, -0.05) is 23.7 Å². The molecule has 0 spiro atoms. The highest BCUT2D eigenvalue weighted by molar-refractivity contribution is 9.10. The van der Waals surface area contributed by atoms with Crippen LogP contribution in [0.5, 0.6) is 0 Å². The topological polar surface area (TPSA) is 72.2 Å². The zero-order chi connectivity index (χ0) is 14.8. The molecule has 2 aromatic rings. The van der Waals surface area contributed by atoms with Gasteiger partial charge < -0.3 is 5.73 Å². The van der Waals surface area contributed by atoms with Crippen LogP contribution in [-0.4, -0.2) is 8.42 Å². The fourth-order valence-corrected chi connectivity index (χ4v) is 3.24. The van der Waals surface area contributed by atoms with Gasteiger partial charge in [0.2, 0.25) is 10.0 Å². The lowest BCUT2D eigenvalue weighted by atomic mass is 10.2. The van der Waals surface area contributed by atoms with Crippen molar-refractivity contribution in [3.63, 3.8) is 0 Å². The van der Waals surface area contributed by atoms with Gasteiger partial charge in [-0.05, 0) is 51.8 Å². The third-order valence-corrected chi connectivity index (χ3v) is 5.00. The molecular weight excluding hydrogens is 364 g/mol. The Morgan fingerprint density at radius 1 is 1.15 bits per heavy atom. The molecule has 4 nitrogen and oxygen atoms in total. The maximum Gasteiger partial charge on any atom is 0.240 e. The molecule has 0 aliphatic carbocycles. The molecule has 20 heavy (non-hydrogen) atoms. The maximum absolute atomic E-state index is 12.1. The normalized spacial score (nSPS) is 11.5. The average molecular weight is 376 g/mol. The second-order valence-electron chi connectivity index (χ2n) is 4.13. The zero-order valence-corrected chi connectivity index (χ0v) is 13.5. The maximum atomic E-state index is 12.1. The van der Waals surface area contributed by atoms with Crippen LogP contribution in [0.2, 0.25) is 5.02 Å². The van der Waals surface area contributed by atoms with Gasteiger partial charge in [0.25, 0.3) is 0 Å². The summed E-state index contributed by atoms with van der Waals surface area (Å²) in [6.45, 7) is 0.196. The lowest BCUT2D eigenvalue weighted by Gasteiger charge is -2.08. The molecule has 0 saturated heterocycles. The second kappa shape index (κ2) is 6.13. The van der Waals surface area contributed by atoms with Gasteiger partial charge in [0.15, 0.2) is 0 Å². The van der Waals surface area contributed by atoms with Crippen LogP contribution in [0, 0.1) is 0 Å². The molecule has 0 unspecified atom stereocenters. The molecule has 0 saturated carbocycles. The van der Waals surface area contributed by atoms with Crippen LogP contribution in [0.25, 0.3) is 0 Å². The number of sulfonamides is 1. The molecule has 0 bridgehead atoms. The van der Waals surface area contributed by atoms with Crippen molar-refractivity contribution in [3.05, 3.63) is 57.5 Å². The molecule has 106 valence electrons. The number of hydrogen-bond donors (Lipinski definition) is 2. The van der Waals surface area contributed by atoms with Gasteiger partial charge >= 0.3 is 0 Å². The van der Waals surface area contributed by atoms with Crippen LogP contribution in [0.15, 0.2) is 51.8 Å². The molecule has 0 aliphatic heterocycles. The van der Waals surface area contributed by atoms with Gasteiger partial charge in [-0.3, -0.25) is 0 Å². The summed E-state index contributed by atoms with van der Waals surface area (Å²) in [5.74, 6) is 0. The molecule has 2 aromatic carbocycles. The molecule has 2 rings (SSSR count). The Kier molecular flexibility index (Phi) is 4.70.